The van der Waals surface area contributed by atoms with E-state index in [1.165, 1.54) is 32.1 Å². The molecule has 126 valence electrons. The second-order valence-corrected chi connectivity index (χ2v) is 7.77. The number of amides is 1. The number of carbonyl (C=O) groups is 1. The summed E-state index contributed by atoms with van der Waals surface area (Å²) in [7, 11) is 1.62. The van der Waals surface area contributed by atoms with Crippen LogP contribution in [-0.2, 0) is 4.74 Å². The summed E-state index contributed by atoms with van der Waals surface area (Å²) in [5.41, 5.74) is 0.926. The van der Waals surface area contributed by atoms with E-state index in [0.29, 0.717) is 22.9 Å². The fourth-order valence-electron chi connectivity index (χ4n) is 3.56. The molecular formula is C17H25N3O3. The van der Waals surface area contributed by atoms with Crippen molar-refractivity contribution in [3.05, 3.63) is 11.8 Å². The van der Waals surface area contributed by atoms with Gasteiger partial charge in [0.15, 0.2) is 5.82 Å². The molecule has 23 heavy (non-hydrogen) atoms. The first-order valence-corrected chi connectivity index (χ1v) is 8.22. The van der Waals surface area contributed by atoms with Crippen LogP contribution in [0.4, 0.5) is 10.6 Å². The number of nitrogens with one attached hydrogen (secondary N) is 1. The Bertz CT molecular complexity index is 598. The van der Waals surface area contributed by atoms with Crippen LogP contribution >= 0.6 is 0 Å². The molecule has 2 aliphatic carbocycles. The van der Waals surface area contributed by atoms with Crippen molar-refractivity contribution in [3.8, 4) is 5.75 Å². The average molecular weight is 319 g/mol. The summed E-state index contributed by atoms with van der Waals surface area (Å²) in [6, 6.07) is 1.72. The minimum atomic E-state index is -0.551. The largest absolute Gasteiger partial charge is 0.495 e. The van der Waals surface area contributed by atoms with E-state index in [9.17, 15) is 4.79 Å². The molecule has 2 aliphatic rings. The summed E-state index contributed by atoms with van der Waals surface area (Å²) in [6.45, 7) is 5.44. The highest BCUT2D eigenvalue weighted by atomic mass is 16.6. The highest BCUT2D eigenvalue weighted by molar-refractivity contribution is 5.83. The molecule has 6 nitrogen and oxygen atoms in total. The number of nitrogens with zero attached hydrogens (tertiary/aromatic N) is 2. The summed E-state index contributed by atoms with van der Waals surface area (Å²) in [5, 5.41) is 11.0. The van der Waals surface area contributed by atoms with Crippen molar-refractivity contribution in [2.24, 2.45) is 5.41 Å². The quantitative estimate of drug-likeness (QED) is 0.915. The molecule has 1 spiro atoms. The second kappa shape index (κ2) is 5.65. The molecule has 6 heteroatoms. The maximum atomic E-state index is 11.8. The summed E-state index contributed by atoms with van der Waals surface area (Å²) in [5.74, 6) is 1.45. The number of methoxy groups -OCH3 is 1. The Hall–Kier alpha value is -1.85. The second-order valence-electron chi connectivity index (χ2n) is 7.77. The Morgan fingerprint density at radius 3 is 2.52 bits per heavy atom. The standard InChI is InChI=1S/C17H25N3O3/c1-16(2,3)23-15(21)18-13-8-12(22-4)14(20-19-13)11-9-17(10-11)6-5-7-17/h8,11H,5-7,9-10H2,1-4H3,(H,18,19,21). The summed E-state index contributed by atoms with van der Waals surface area (Å²) in [4.78, 5) is 11.8. The van der Waals surface area contributed by atoms with E-state index in [1.807, 2.05) is 20.8 Å². The number of hydrogen-bond donors (Lipinski definition) is 1. The lowest BCUT2D eigenvalue weighted by molar-refractivity contribution is 0.00656. The van der Waals surface area contributed by atoms with Crippen molar-refractivity contribution in [1.29, 1.82) is 0 Å². The fraction of sp³-hybridized carbons (Fsp3) is 0.706. The maximum absolute atomic E-state index is 11.8. The Balaban J connectivity index is 1.66. The molecule has 3 rings (SSSR count). The average Bonchev–Trinajstić information content (AvgIpc) is 2.34. The van der Waals surface area contributed by atoms with E-state index < -0.39 is 11.7 Å². The fourth-order valence-corrected chi connectivity index (χ4v) is 3.56. The van der Waals surface area contributed by atoms with Gasteiger partial charge in [-0.15, -0.1) is 10.2 Å². The molecule has 0 bridgehead atoms. The predicted molar refractivity (Wildman–Crippen MR) is 86.7 cm³/mol. The van der Waals surface area contributed by atoms with E-state index in [2.05, 4.69) is 15.5 Å². The van der Waals surface area contributed by atoms with E-state index in [0.717, 1.165) is 5.69 Å². The lowest BCUT2D eigenvalue weighted by Gasteiger charge is -2.54. The summed E-state index contributed by atoms with van der Waals surface area (Å²) < 4.78 is 10.7. The van der Waals surface area contributed by atoms with E-state index in [-0.39, 0.29) is 0 Å². The van der Waals surface area contributed by atoms with Gasteiger partial charge in [-0.2, -0.15) is 0 Å². The van der Waals surface area contributed by atoms with Gasteiger partial charge in [0.1, 0.15) is 17.0 Å². The number of hydrogen-bond acceptors (Lipinski definition) is 5. The topological polar surface area (TPSA) is 73.3 Å². The monoisotopic (exact) mass is 319 g/mol. The van der Waals surface area contributed by atoms with Crippen molar-refractivity contribution < 1.29 is 14.3 Å². The van der Waals surface area contributed by atoms with Crippen LogP contribution in [0.5, 0.6) is 5.75 Å². The molecule has 0 saturated heterocycles. The molecule has 0 aliphatic heterocycles. The van der Waals surface area contributed by atoms with Crippen LogP contribution in [0.25, 0.3) is 0 Å². The molecule has 1 aromatic rings. The summed E-state index contributed by atoms with van der Waals surface area (Å²) in [6.07, 6.45) is 5.86. The van der Waals surface area contributed by atoms with Crippen molar-refractivity contribution in [1.82, 2.24) is 10.2 Å². The number of carbonyl (C=O) groups excluding carboxylic acids is 1. The zero-order chi connectivity index (χ0) is 16.7. The first kappa shape index (κ1) is 16.0. The maximum Gasteiger partial charge on any atom is 0.413 e. The third kappa shape index (κ3) is 3.41. The Kier molecular flexibility index (Phi) is 3.94. The van der Waals surface area contributed by atoms with Gasteiger partial charge in [0.25, 0.3) is 0 Å². The van der Waals surface area contributed by atoms with Crippen molar-refractivity contribution in [2.45, 2.75) is 64.4 Å². The molecule has 0 unspecified atom stereocenters. The normalized spacial score (nSPS) is 19.7. The Morgan fingerprint density at radius 2 is 2.00 bits per heavy atom. The molecular weight excluding hydrogens is 294 g/mol. The number of rotatable bonds is 3. The Labute approximate surface area is 137 Å². The van der Waals surface area contributed by atoms with Crippen LogP contribution < -0.4 is 10.1 Å². The predicted octanol–water partition coefficient (Wildman–Crippen LogP) is 3.88. The van der Waals surface area contributed by atoms with Gasteiger partial charge in [-0.25, -0.2) is 4.79 Å². The lowest BCUT2D eigenvalue weighted by atomic mass is 9.51. The molecule has 1 aromatic heterocycles. The molecule has 0 radical (unpaired) electrons. The minimum Gasteiger partial charge on any atom is -0.495 e. The van der Waals surface area contributed by atoms with Gasteiger partial charge >= 0.3 is 6.09 Å². The molecule has 0 aromatic carbocycles. The lowest BCUT2D eigenvalue weighted by Crippen LogP contribution is -2.41. The van der Waals surface area contributed by atoms with Gasteiger partial charge in [0.2, 0.25) is 0 Å². The molecule has 0 atom stereocenters. The van der Waals surface area contributed by atoms with Gasteiger partial charge in [-0.1, -0.05) is 6.42 Å². The van der Waals surface area contributed by atoms with Crippen LogP contribution in [0.2, 0.25) is 0 Å². The smallest absolute Gasteiger partial charge is 0.413 e. The zero-order valence-electron chi connectivity index (χ0n) is 14.3. The van der Waals surface area contributed by atoms with Crippen LogP contribution in [0.15, 0.2) is 6.07 Å². The first-order chi connectivity index (χ1) is 10.8. The minimum absolute atomic E-state index is 0.345. The van der Waals surface area contributed by atoms with E-state index >= 15 is 0 Å². The Morgan fingerprint density at radius 1 is 1.30 bits per heavy atom. The van der Waals surface area contributed by atoms with Crippen LogP contribution in [0, 0.1) is 5.41 Å². The highest BCUT2D eigenvalue weighted by Crippen LogP contribution is 2.62. The van der Waals surface area contributed by atoms with Crippen LogP contribution in [0.1, 0.15) is 64.5 Å². The SMILES string of the molecule is COc1cc(NC(=O)OC(C)(C)C)nnc1C1CC2(CCC2)C1. The van der Waals surface area contributed by atoms with Gasteiger partial charge < -0.3 is 9.47 Å². The van der Waals surface area contributed by atoms with E-state index in [4.69, 9.17) is 9.47 Å². The highest BCUT2D eigenvalue weighted by Gasteiger charge is 2.49. The molecule has 2 saturated carbocycles. The van der Waals surface area contributed by atoms with Gasteiger partial charge in [-0.3, -0.25) is 5.32 Å². The third-order valence-corrected chi connectivity index (χ3v) is 4.79. The number of ether oxygens (including phenoxy) is 2. The molecule has 1 amide bonds. The third-order valence-electron chi connectivity index (χ3n) is 4.79. The molecule has 1 heterocycles. The summed E-state index contributed by atoms with van der Waals surface area (Å²) >= 11 is 0. The van der Waals surface area contributed by atoms with Crippen LogP contribution in [-0.4, -0.2) is 29.0 Å². The first-order valence-electron chi connectivity index (χ1n) is 8.22. The van der Waals surface area contributed by atoms with Crippen molar-refractivity contribution in [3.63, 3.8) is 0 Å². The van der Waals surface area contributed by atoms with E-state index in [1.54, 1.807) is 13.2 Å². The van der Waals surface area contributed by atoms with Crippen LogP contribution in [0.3, 0.4) is 0 Å². The number of aromatic nitrogens is 2. The number of anilines is 1. The van der Waals surface area contributed by atoms with Gasteiger partial charge in [0.05, 0.1) is 7.11 Å². The molecule has 1 N–H and O–H groups in total. The van der Waals surface area contributed by atoms with Crippen molar-refractivity contribution >= 4 is 11.9 Å². The van der Waals surface area contributed by atoms with Gasteiger partial charge in [0, 0.05) is 12.0 Å². The molecule has 2 fully saturated rings. The van der Waals surface area contributed by atoms with Gasteiger partial charge in [-0.05, 0) is 51.9 Å². The zero-order valence-corrected chi connectivity index (χ0v) is 14.3. The van der Waals surface area contributed by atoms with Crippen molar-refractivity contribution in [2.75, 3.05) is 12.4 Å².